The molecule has 2 rings (SSSR count). The van der Waals surface area contributed by atoms with E-state index in [2.05, 4.69) is 4.90 Å². The lowest BCUT2D eigenvalue weighted by Crippen LogP contribution is -2.49. The summed E-state index contributed by atoms with van der Waals surface area (Å²) in [6.07, 6.45) is 2.91. The largest absolute Gasteiger partial charge is 0.480 e. The number of carboxylic acid groups (broad SMARTS) is 1. The molecule has 7 nitrogen and oxygen atoms in total. The van der Waals surface area contributed by atoms with Crippen molar-refractivity contribution in [1.82, 2.24) is 4.90 Å². The molecule has 1 aliphatic heterocycles. The van der Waals surface area contributed by atoms with Crippen LogP contribution in [0.1, 0.15) is 50.0 Å². The summed E-state index contributed by atoms with van der Waals surface area (Å²) >= 11 is 5.94. The van der Waals surface area contributed by atoms with Crippen LogP contribution in [-0.4, -0.2) is 69.5 Å². The highest BCUT2D eigenvalue weighted by Gasteiger charge is 2.34. The average molecular weight is 427 g/mol. The van der Waals surface area contributed by atoms with Crippen molar-refractivity contribution >= 4 is 24.7 Å². The highest BCUT2D eigenvalue weighted by atomic mass is 35.5. The maximum Gasteiger partial charge on any atom is 0.451 e. The lowest BCUT2D eigenvalue weighted by atomic mass is 9.81. The van der Waals surface area contributed by atoms with Gasteiger partial charge < -0.3 is 30.9 Å². The van der Waals surface area contributed by atoms with Crippen LogP contribution >= 0.6 is 11.6 Å². The number of unbranched alkanes of at least 4 members (excludes halogenated alkanes) is 1. The number of carboxylic acids is 1. The van der Waals surface area contributed by atoms with Crippen molar-refractivity contribution in [2.45, 2.75) is 62.4 Å². The number of benzene rings is 1. The van der Waals surface area contributed by atoms with E-state index in [9.17, 15) is 15.0 Å². The summed E-state index contributed by atoms with van der Waals surface area (Å²) in [4.78, 5) is 13.8. The molecule has 1 aromatic rings. The highest BCUT2D eigenvalue weighted by molar-refractivity contribution is 6.40. The normalized spacial score (nSPS) is 22.2. The Labute approximate surface area is 177 Å². The molecular formula is C20H32BClN2O5. The summed E-state index contributed by atoms with van der Waals surface area (Å²) < 4.78 is 0. The van der Waals surface area contributed by atoms with Gasteiger partial charge in [0.05, 0.1) is 6.10 Å². The van der Waals surface area contributed by atoms with Crippen molar-refractivity contribution in [1.29, 1.82) is 0 Å². The molecule has 1 saturated heterocycles. The standard InChI is InChI=1S/C20H32BClN2O5/c22-16-6-4-15(5-7-16)17-8-13-24(14-18(17)25)12-3-10-20(23,19(26)27)9-1-2-11-21(28)29/h4-7,17-18,25,28-29H,1-3,8-14,23H2,(H,26,27). The Hall–Kier alpha value is -1.16. The summed E-state index contributed by atoms with van der Waals surface area (Å²) in [5.74, 6) is -0.943. The van der Waals surface area contributed by atoms with Crippen LogP contribution in [0.15, 0.2) is 24.3 Å². The van der Waals surface area contributed by atoms with E-state index < -0.39 is 24.7 Å². The summed E-state index contributed by atoms with van der Waals surface area (Å²) in [7, 11) is -1.37. The Balaban J connectivity index is 1.77. The minimum atomic E-state index is -1.37. The molecule has 1 fully saturated rings. The van der Waals surface area contributed by atoms with E-state index in [-0.39, 0.29) is 12.2 Å². The molecule has 6 N–H and O–H groups in total. The number of carbonyl (C=O) groups is 1. The quantitative estimate of drug-likeness (QED) is 0.269. The predicted octanol–water partition coefficient (Wildman–Crippen LogP) is 1.70. The molecule has 9 heteroatoms. The molecule has 3 atom stereocenters. The number of β-amino-alcohol motifs (C(OH)–C–C–N with tert-alkyl or cyclic N) is 1. The van der Waals surface area contributed by atoms with Crippen LogP contribution in [0.5, 0.6) is 0 Å². The number of hydrogen-bond acceptors (Lipinski definition) is 6. The number of nitrogens with two attached hydrogens (primary N) is 1. The van der Waals surface area contributed by atoms with E-state index in [0.29, 0.717) is 50.2 Å². The Bertz CT molecular complexity index is 648. The van der Waals surface area contributed by atoms with Gasteiger partial charge in [0, 0.05) is 17.5 Å². The number of aliphatic hydroxyl groups excluding tert-OH is 1. The van der Waals surface area contributed by atoms with Gasteiger partial charge in [0.15, 0.2) is 0 Å². The average Bonchev–Trinajstić information content (AvgIpc) is 2.66. The molecule has 1 aromatic carbocycles. The molecule has 0 aromatic heterocycles. The number of halogens is 1. The first-order chi connectivity index (χ1) is 13.7. The first-order valence-electron chi connectivity index (χ1n) is 10.3. The Morgan fingerprint density at radius 2 is 1.86 bits per heavy atom. The summed E-state index contributed by atoms with van der Waals surface area (Å²) in [6.45, 7) is 2.07. The summed E-state index contributed by atoms with van der Waals surface area (Å²) in [6, 6.07) is 7.59. The van der Waals surface area contributed by atoms with Crippen molar-refractivity contribution in [3.8, 4) is 0 Å². The Morgan fingerprint density at radius 3 is 2.45 bits per heavy atom. The van der Waals surface area contributed by atoms with Gasteiger partial charge in [-0.05, 0) is 62.8 Å². The minimum absolute atomic E-state index is 0.0815. The molecule has 0 bridgehead atoms. The zero-order valence-corrected chi connectivity index (χ0v) is 17.5. The first kappa shape index (κ1) is 24.1. The number of aliphatic hydroxyl groups is 1. The van der Waals surface area contributed by atoms with Gasteiger partial charge >= 0.3 is 13.1 Å². The fourth-order valence-electron chi connectivity index (χ4n) is 4.02. The van der Waals surface area contributed by atoms with Crippen LogP contribution in [0, 0.1) is 0 Å². The lowest BCUT2D eigenvalue weighted by Gasteiger charge is -2.36. The summed E-state index contributed by atoms with van der Waals surface area (Å²) in [5.41, 5.74) is 5.89. The lowest BCUT2D eigenvalue weighted by molar-refractivity contribution is -0.144. The van der Waals surface area contributed by atoms with E-state index in [1.54, 1.807) is 0 Å². The smallest absolute Gasteiger partial charge is 0.451 e. The molecule has 0 saturated carbocycles. The minimum Gasteiger partial charge on any atom is -0.480 e. The van der Waals surface area contributed by atoms with E-state index in [1.807, 2.05) is 24.3 Å². The molecule has 0 amide bonds. The monoisotopic (exact) mass is 426 g/mol. The van der Waals surface area contributed by atoms with Crippen LogP contribution in [0.3, 0.4) is 0 Å². The van der Waals surface area contributed by atoms with Crippen LogP contribution in [0.25, 0.3) is 0 Å². The van der Waals surface area contributed by atoms with Gasteiger partial charge in [-0.1, -0.05) is 36.6 Å². The van der Waals surface area contributed by atoms with Gasteiger partial charge in [0.2, 0.25) is 0 Å². The molecule has 162 valence electrons. The molecule has 0 spiro atoms. The maximum absolute atomic E-state index is 11.6. The van der Waals surface area contributed by atoms with Gasteiger partial charge in [-0.25, -0.2) is 0 Å². The van der Waals surface area contributed by atoms with Gasteiger partial charge in [-0.2, -0.15) is 0 Å². The molecule has 3 unspecified atom stereocenters. The van der Waals surface area contributed by atoms with Crippen molar-refractivity contribution in [2.24, 2.45) is 5.73 Å². The number of piperidine rings is 1. The van der Waals surface area contributed by atoms with Crippen molar-refractivity contribution in [3.05, 3.63) is 34.9 Å². The van der Waals surface area contributed by atoms with Gasteiger partial charge in [0.1, 0.15) is 5.54 Å². The topological polar surface area (TPSA) is 127 Å². The SMILES string of the molecule is NC(CCCCB(O)O)(CCCN1CCC(c2ccc(Cl)cc2)C(O)C1)C(=O)O. The molecule has 29 heavy (non-hydrogen) atoms. The number of nitrogens with zero attached hydrogens (tertiary/aromatic N) is 1. The Kier molecular flexibility index (Phi) is 9.39. The zero-order chi connectivity index (χ0) is 21.4. The second-order valence-corrected chi connectivity index (χ2v) is 8.54. The van der Waals surface area contributed by atoms with Gasteiger partial charge in [-0.15, -0.1) is 0 Å². The number of likely N-dealkylation sites (tertiary alicyclic amines) is 1. The molecule has 1 heterocycles. The maximum atomic E-state index is 11.6. The van der Waals surface area contributed by atoms with Gasteiger partial charge in [0.25, 0.3) is 0 Å². The highest BCUT2D eigenvalue weighted by Crippen LogP contribution is 2.29. The second-order valence-electron chi connectivity index (χ2n) is 8.11. The zero-order valence-electron chi connectivity index (χ0n) is 16.7. The fourth-order valence-corrected chi connectivity index (χ4v) is 4.15. The first-order valence-corrected chi connectivity index (χ1v) is 10.6. The van der Waals surface area contributed by atoms with Crippen molar-refractivity contribution in [2.75, 3.05) is 19.6 Å². The van der Waals surface area contributed by atoms with E-state index in [4.69, 9.17) is 27.4 Å². The number of aliphatic carboxylic acids is 1. The third-order valence-electron chi connectivity index (χ3n) is 5.82. The third kappa shape index (κ3) is 7.55. The molecule has 0 radical (unpaired) electrons. The van der Waals surface area contributed by atoms with E-state index in [1.165, 1.54) is 0 Å². The van der Waals surface area contributed by atoms with Crippen LogP contribution in [-0.2, 0) is 4.79 Å². The van der Waals surface area contributed by atoms with Gasteiger partial charge in [-0.3, -0.25) is 4.79 Å². The van der Waals surface area contributed by atoms with Crippen LogP contribution in [0.4, 0.5) is 0 Å². The third-order valence-corrected chi connectivity index (χ3v) is 6.07. The predicted molar refractivity (Wildman–Crippen MR) is 114 cm³/mol. The molecule has 1 aliphatic rings. The number of rotatable bonds is 11. The molecule has 0 aliphatic carbocycles. The number of hydrogen-bond donors (Lipinski definition) is 5. The van der Waals surface area contributed by atoms with Crippen LogP contribution in [0.2, 0.25) is 11.3 Å². The van der Waals surface area contributed by atoms with Crippen molar-refractivity contribution < 1.29 is 25.1 Å². The van der Waals surface area contributed by atoms with Crippen molar-refractivity contribution in [3.63, 3.8) is 0 Å². The van der Waals surface area contributed by atoms with E-state index in [0.717, 1.165) is 18.5 Å². The van der Waals surface area contributed by atoms with Crippen LogP contribution < -0.4 is 5.73 Å². The Morgan fingerprint density at radius 1 is 1.21 bits per heavy atom. The van der Waals surface area contributed by atoms with E-state index >= 15 is 0 Å². The second kappa shape index (κ2) is 11.3. The molecular weight excluding hydrogens is 394 g/mol. The fraction of sp³-hybridized carbons (Fsp3) is 0.650. The summed E-state index contributed by atoms with van der Waals surface area (Å²) in [5, 5.41) is 38.5.